The maximum Gasteiger partial charge on any atom is 0.289 e. The topological polar surface area (TPSA) is 108 Å². The Morgan fingerprint density at radius 2 is 2.39 bits per heavy atom. The molecule has 7 nitrogen and oxygen atoms in total. The third-order valence-corrected chi connectivity index (χ3v) is 2.33. The summed E-state index contributed by atoms with van der Waals surface area (Å²) in [4.78, 5) is 17.1. The number of nitro groups is 1. The number of nitrogens with zero attached hydrogens (tertiary/aromatic N) is 3. The number of hydrogen-bond donors (Lipinski definition) is 2. The third kappa shape index (κ3) is 2.44. The predicted molar refractivity (Wildman–Crippen MR) is 63.7 cm³/mol. The molecule has 0 aliphatic rings. The van der Waals surface area contributed by atoms with E-state index in [0.717, 1.165) is 5.82 Å². The highest BCUT2D eigenvalue weighted by Crippen LogP contribution is 2.22. The first-order valence-corrected chi connectivity index (χ1v) is 5.11. The van der Waals surface area contributed by atoms with Crippen molar-refractivity contribution in [1.29, 1.82) is 5.26 Å². The number of imidazole rings is 1. The second-order valence-corrected chi connectivity index (χ2v) is 3.49. The molecule has 0 bridgehead atoms. The van der Waals surface area contributed by atoms with Crippen molar-refractivity contribution in [2.45, 2.75) is 6.54 Å². The highest BCUT2D eigenvalue weighted by atomic mass is 16.6. The first-order valence-electron chi connectivity index (χ1n) is 5.11. The highest BCUT2D eigenvalue weighted by Gasteiger charge is 2.14. The molecule has 18 heavy (non-hydrogen) atoms. The largest absolute Gasteiger partial charge is 0.378 e. The first-order chi connectivity index (χ1) is 8.70. The molecule has 90 valence electrons. The number of aromatic amines is 1. The van der Waals surface area contributed by atoms with Crippen LogP contribution in [0.2, 0.25) is 0 Å². The molecule has 1 aromatic heterocycles. The van der Waals surface area contributed by atoms with Gasteiger partial charge in [-0.15, -0.1) is 0 Å². The maximum atomic E-state index is 10.8. The Labute approximate surface area is 102 Å². The van der Waals surface area contributed by atoms with Gasteiger partial charge in [-0.2, -0.15) is 5.26 Å². The van der Waals surface area contributed by atoms with Gasteiger partial charge >= 0.3 is 0 Å². The van der Waals surface area contributed by atoms with Gasteiger partial charge in [0.1, 0.15) is 17.5 Å². The van der Waals surface area contributed by atoms with E-state index in [-0.39, 0.29) is 11.3 Å². The first kappa shape index (κ1) is 11.6. The van der Waals surface area contributed by atoms with E-state index in [9.17, 15) is 10.1 Å². The molecule has 1 aromatic carbocycles. The van der Waals surface area contributed by atoms with Crippen LogP contribution in [0.1, 0.15) is 11.4 Å². The van der Waals surface area contributed by atoms with E-state index in [1.54, 1.807) is 24.5 Å². The molecule has 0 unspecified atom stereocenters. The van der Waals surface area contributed by atoms with Crippen LogP contribution in [0.15, 0.2) is 30.6 Å². The molecule has 0 aliphatic carbocycles. The van der Waals surface area contributed by atoms with E-state index in [2.05, 4.69) is 15.3 Å². The Morgan fingerprint density at radius 1 is 1.56 bits per heavy atom. The predicted octanol–water partition coefficient (Wildman–Crippen LogP) is 1.80. The average molecular weight is 243 g/mol. The van der Waals surface area contributed by atoms with Crippen molar-refractivity contribution >= 4 is 11.4 Å². The number of rotatable bonds is 4. The summed E-state index contributed by atoms with van der Waals surface area (Å²) in [5.74, 6) is 0.724. The van der Waals surface area contributed by atoms with E-state index in [0.29, 0.717) is 12.2 Å². The van der Waals surface area contributed by atoms with E-state index in [1.807, 2.05) is 0 Å². The summed E-state index contributed by atoms with van der Waals surface area (Å²) in [6.07, 6.45) is 3.32. The SMILES string of the molecule is N#Cc1ccc(NCc2ncc[nH]2)cc1[N+](=O)[O-]. The Balaban J connectivity index is 2.17. The molecule has 0 saturated carbocycles. The fourth-order valence-corrected chi connectivity index (χ4v) is 1.47. The minimum atomic E-state index is -0.573. The van der Waals surface area contributed by atoms with Crippen molar-refractivity contribution in [3.8, 4) is 6.07 Å². The van der Waals surface area contributed by atoms with E-state index in [4.69, 9.17) is 5.26 Å². The Kier molecular flexibility index (Phi) is 3.20. The number of anilines is 1. The summed E-state index contributed by atoms with van der Waals surface area (Å²) in [6.45, 7) is 0.427. The second-order valence-electron chi connectivity index (χ2n) is 3.49. The minimum Gasteiger partial charge on any atom is -0.378 e. The molecule has 0 saturated heterocycles. The van der Waals surface area contributed by atoms with Crippen LogP contribution in [0.25, 0.3) is 0 Å². The minimum absolute atomic E-state index is 0.0450. The summed E-state index contributed by atoms with van der Waals surface area (Å²) in [5, 5.41) is 22.5. The third-order valence-electron chi connectivity index (χ3n) is 2.33. The molecule has 2 aromatic rings. The van der Waals surface area contributed by atoms with Crippen LogP contribution in [0, 0.1) is 21.4 Å². The van der Waals surface area contributed by atoms with Crippen LogP contribution in [-0.2, 0) is 6.54 Å². The van der Waals surface area contributed by atoms with Gasteiger partial charge in [0.05, 0.1) is 11.5 Å². The standard InChI is InChI=1S/C11H9N5O2/c12-6-8-1-2-9(5-10(8)16(17)18)15-7-11-13-3-4-14-11/h1-5,15H,7H2,(H,13,14). The van der Waals surface area contributed by atoms with Crippen molar-refractivity contribution in [3.63, 3.8) is 0 Å². The van der Waals surface area contributed by atoms with Gasteiger partial charge < -0.3 is 10.3 Å². The number of aromatic nitrogens is 2. The molecule has 0 atom stereocenters. The molecule has 0 radical (unpaired) electrons. The molecule has 2 rings (SSSR count). The van der Waals surface area contributed by atoms with Crippen LogP contribution in [0.4, 0.5) is 11.4 Å². The molecule has 0 amide bonds. The lowest BCUT2D eigenvalue weighted by Gasteiger charge is -2.04. The van der Waals surface area contributed by atoms with Crippen molar-refractivity contribution in [2.24, 2.45) is 0 Å². The van der Waals surface area contributed by atoms with Crippen molar-refractivity contribution in [3.05, 3.63) is 52.1 Å². The average Bonchev–Trinajstić information content (AvgIpc) is 2.89. The second kappa shape index (κ2) is 4.97. The van der Waals surface area contributed by atoms with Crippen LogP contribution in [0.5, 0.6) is 0 Å². The maximum absolute atomic E-state index is 10.8. The van der Waals surface area contributed by atoms with Crippen molar-refractivity contribution in [2.75, 3.05) is 5.32 Å². The number of benzene rings is 1. The zero-order valence-corrected chi connectivity index (χ0v) is 9.25. The van der Waals surface area contributed by atoms with Gasteiger partial charge in [0.25, 0.3) is 5.69 Å². The molecule has 0 fully saturated rings. The number of nitrogens with one attached hydrogen (secondary N) is 2. The lowest BCUT2D eigenvalue weighted by molar-refractivity contribution is -0.385. The smallest absolute Gasteiger partial charge is 0.289 e. The van der Waals surface area contributed by atoms with Crippen LogP contribution >= 0.6 is 0 Å². The molecule has 2 N–H and O–H groups in total. The number of hydrogen-bond acceptors (Lipinski definition) is 5. The van der Waals surface area contributed by atoms with Gasteiger partial charge in [-0.25, -0.2) is 4.98 Å². The summed E-state index contributed by atoms with van der Waals surface area (Å²) in [7, 11) is 0. The molecule has 0 aliphatic heterocycles. The summed E-state index contributed by atoms with van der Waals surface area (Å²) in [6, 6.07) is 6.16. The summed E-state index contributed by atoms with van der Waals surface area (Å²) >= 11 is 0. The monoisotopic (exact) mass is 243 g/mol. The molecular formula is C11H9N5O2. The van der Waals surface area contributed by atoms with Crippen LogP contribution in [0.3, 0.4) is 0 Å². The highest BCUT2D eigenvalue weighted by molar-refractivity contribution is 5.59. The van der Waals surface area contributed by atoms with Gasteiger partial charge in [-0.3, -0.25) is 10.1 Å². The number of H-pyrrole nitrogens is 1. The number of nitriles is 1. The molecule has 7 heteroatoms. The Morgan fingerprint density at radius 3 is 3.00 bits per heavy atom. The lowest BCUT2D eigenvalue weighted by Crippen LogP contribution is -2.02. The van der Waals surface area contributed by atoms with Gasteiger partial charge in [0.15, 0.2) is 0 Å². The Hall–Kier alpha value is -2.88. The van der Waals surface area contributed by atoms with Gasteiger partial charge in [0, 0.05) is 24.1 Å². The summed E-state index contributed by atoms with van der Waals surface area (Å²) < 4.78 is 0. The lowest BCUT2D eigenvalue weighted by atomic mass is 10.2. The van der Waals surface area contributed by atoms with Crippen molar-refractivity contribution < 1.29 is 4.92 Å². The zero-order chi connectivity index (χ0) is 13.0. The zero-order valence-electron chi connectivity index (χ0n) is 9.25. The van der Waals surface area contributed by atoms with Gasteiger partial charge in [-0.05, 0) is 12.1 Å². The van der Waals surface area contributed by atoms with Gasteiger partial charge in [-0.1, -0.05) is 0 Å². The van der Waals surface area contributed by atoms with E-state index in [1.165, 1.54) is 12.1 Å². The quantitative estimate of drug-likeness (QED) is 0.628. The van der Waals surface area contributed by atoms with Gasteiger partial charge in [0.2, 0.25) is 0 Å². The fourth-order valence-electron chi connectivity index (χ4n) is 1.47. The fraction of sp³-hybridized carbons (Fsp3) is 0.0909. The summed E-state index contributed by atoms with van der Waals surface area (Å²) in [5.41, 5.74) is 0.405. The van der Waals surface area contributed by atoms with Crippen LogP contribution < -0.4 is 5.32 Å². The Bertz CT molecular complexity index is 600. The van der Waals surface area contributed by atoms with Crippen molar-refractivity contribution in [1.82, 2.24) is 9.97 Å². The van der Waals surface area contributed by atoms with E-state index < -0.39 is 4.92 Å². The number of nitro benzene ring substituents is 1. The van der Waals surface area contributed by atoms with E-state index >= 15 is 0 Å². The molecule has 1 heterocycles. The molecule has 0 spiro atoms. The van der Waals surface area contributed by atoms with Crippen LogP contribution in [-0.4, -0.2) is 14.9 Å². The molecular weight excluding hydrogens is 234 g/mol. The normalized spacial score (nSPS) is 9.72.